The largest absolute Gasteiger partial charge is 0.311 e. The van der Waals surface area contributed by atoms with Crippen molar-refractivity contribution >= 4 is 0 Å². The van der Waals surface area contributed by atoms with Gasteiger partial charge in [-0.3, -0.25) is 4.68 Å². The molecule has 0 saturated carbocycles. The second-order valence-corrected chi connectivity index (χ2v) is 4.36. The molecule has 0 bridgehead atoms. The van der Waals surface area contributed by atoms with Crippen LogP contribution in [0.4, 0.5) is 0 Å². The van der Waals surface area contributed by atoms with E-state index in [1.165, 1.54) is 16.8 Å². The summed E-state index contributed by atoms with van der Waals surface area (Å²) in [5.41, 5.74) is 3.94. The molecule has 0 atom stereocenters. The van der Waals surface area contributed by atoms with Gasteiger partial charge in [0.05, 0.1) is 5.69 Å². The second kappa shape index (κ2) is 5.64. The van der Waals surface area contributed by atoms with Crippen LogP contribution >= 0.6 is 0 Å². The molecule has 1 heterocycles. The van der Waals surface area contributed by atoms with Crippen molar-refractivity contribution in [2.45, 2.75) is 19.9 Å². The Morgan fingerprint density at radius 3 is 2.88 bits per heavy atom. The lowest BCUT2D eigenvalue weighted by Crippen LogP contribution is -2.18. The maximum atomic E-state index is 4.14. The highest BCUT2D eigenvalue weighted by molar-refractivity contribution is 5.22. The van der Waals surface area contributed by atoms with E-state index in [1.807, 2.05) is 24.0 Å². The van der Waals surface area contributed by atoms with Crippen LogP contribution in [-0.4, -0.2) is 16.3 Å². The van der Waals surface area contributed by atoms with Crippen LogP contribution in [0.15, 0.2) is 36.5 Å². The average molecular weight is 229 g/mol. The first-order valence-corrected chi connectivity index (χ1v) is 5.99. The van der Waals surface area contributed by atoms with Gasteiger partial charge in [-0.05, 0) is 31.5 Å². The molecule has 0 aliphatic carbocycles. The predicted octanol–water partition coefficient (Wildman–Crippen LogP) is 2.06. The van der Waals surface area contributed by atoms with Gasteiger partial charge >= 0.3 is 0 Å². The molecular formula is C14H19N3. The fourth-order valence-electron chi connectivity index (χ4n) is 1.89. The molecule has 90 valence electrons. The molecule has 0 radical (unpaired) electrons. The lowest BCUT2D eigenvalue weighted by molar-refractivity contribution is 0.625. The van der Waals surface area contributed by atoms with Gasteiger partial charge in [-0.25, -0.2) is 0 Å². The van der Waals surface area contributed by atoms with Gasteiger partial charge in [0, 0.05) is 19.8 Å². The number of aryl methyl sites for hydroxylation is 2. The minimum absolute atomic E-state index is 0.877. The minimum Gasteiger partial charge on any atom is -0.311 e. The summed E-state index contributed by atoms with van der Waals surface area (Å²) < 4.78 is 1.90. The Kier molecular flexibility index (Phi) is 3.94. The van der Waals surface area contributed by atoms with Crippen molar-refractivity contribution < 1.29 is 0 Å². The maximum Gasteiger partial charge on any atom is 0.0518 e. The normalized spacial score (nSPS) is 10.7. The highest BCUT2D eigenvalue weighted by Gasteiger charge is 1.97. The van der Waals surface area contributed by atoms with E-state index in [0.29, 0.717) is 0 Å². The second-order valence-electron chi connectivity index (χ2n) is 4.36. The molecule has 3 nitrogen and oxygen atoms in total. The summed E-state index contributed by atoms with van der Waals surface area (Å²) in [7, 11) is 1.97. The Morgan fingerprint density at radius 1 is 1.29 bits per heavy atom. The Hall–Kier alpha value is -1.61. The Labute approximate surface area is 102 Å². The van der Waals surface area contributed by atoms with Gasteiger partial charge in [-0.15, -0.1) is 0 Å². The number of benzene rings is 1. The summed E-state index contributed by atoms with van der Waals surface area (Å²) >= 11 is 0. The Bertz CT molecular complexity index is 474. The number of rotatable bonds is 5. The Morgan fingerprint density at radius 2 is 2.18 bits per heavy atom. The van der Waals surface area contributed by atoms with Crippen LogP contribution in [0.2, 0.25) is 0 Å². The SMILES string of the molecule is Cc1cccc(CCNCc2ccnn2C)c1. The van der Waals surface area contributed by atoms with Crippen LogP contribution in [0.25, 0.3) is 0 Å². The lowest BCUT2D eigenvalue weighted by Gasteiger charge is -2.06. The third kappa shape index (κ3) is 3.43. The zero-order chi connectivity index (χ0) is 12.1. The van der Waals surface area contributed by atoms with E-state index in [0.717, 1.165) is 19.5 Å². The van der Waals surface area contributed by atoms with Crippen LogP contribution in [0.1, 0.15) is 16.8 Å². The smallest absolute Gasteiger partial charge is 0.0518 e. The molecule has 0 aliphatic rings. The topological polar surface area (TPSA) is 29.9 Å². The molecule has 0 aliphatic heterocycles. The molecule has 0 unspecified atom stereocenters. The van der Waals surface area contributed by atoms with Crippen LogP contribution in [-0.2, 0) is 20.0 Å². The van der Waals surface area contributed by atoms with Gasteiger partial charge in [0.1, 0.15) is 0 Å². The van der Waals surface area contributed by atoms with Crippen molar-refractivity contribution in [1.82, 2.24) is 15.1 Å². The van der Waals surface area contributed by atoms with Crippen molar-refractivity contribution in [1.29, 1.82) is 0 Å². The molecule has 17 heavy (non-hydrogen) atoms. The van der Waals surface area contributed by atoms with Crippen molar-refractivity contribution in [2.75, 3.05) is 6.54 Å². The molecule has 0 saturated heterocycles. The summed E-state index contributed by atoms with van der Waals surface area (Å²) in [6.45, 7) is 4.00. The molecule has 0 spiro atoms. The quantitative estimate of drug-likeness (QED) is 0.795. The molecule has 1 N–H and O–H groups in total. The van der Waals surface area contributed by atoms with Crippen molar-refractivity contribution in [3.63, 3.8) is 0 Å². The summed E-state index contributed by atoms with van der Waals surface area (Å²) in [6, 6.07) is 10.7. The van der Waals surface area contributed by atoms with E-state index >= 15 is 0 Å². The Balaban J connectivity index is 1.75. The molecule has 3 heteroatoms. The summed E-state index contributed by atoms with van der Waals surface area (Å²) in [5.74, 6) is 0. The van der Waals surface area contributed by atoms with E-state index in [2.05, 4.69) is 41.6 Å². The first-order chi connectivity index (χ1) is 8.25. The third-order valence-corrected chi connectivity index (χ3v) is 2.90. The first kappa shape index (κ1) is 11.9. The monoisotopic (exact) mass is 229 g/mol. The van der Waals surface area contributed by atoms with Crippen LogP contribution in [0.5, 0.6) is 0 Å². The van der Waals surface area contributed by atoms with Crippen LogP contribution in [0, 0.1) is 6.92 Å². The van der Waals surface area contributed by atoms with E-state index in [4.69, 9.17) is 0 Å². The van der Waals surface area contributed by atoms with E-state index in [9.17, 15) is 0 Å². The highest BCUT2D eigenvalue weighted by Crippen LogP contribution is 2.04. The van der Waals surface area contributed by atoms with Gasteiger partial charge < -0.3 is 5.32 Å². The highest BCUT2D eigenvalue weighted by atomic mass is 15.3. The van der Waals surface area contributed by atoms with Crippen LogP contribution in [0.3, 0.4) is 0 Å². The molecular weight excluding hydrogens is 210 g/mol. The predicted molar refractivity (Wildman–Crippen MR) is 69.8 cm³/mol. The summed E-state index contributed by atoms with van der Waals surface area (Å²) in [5, 5.41) is 7.58. The fourth-order valence-corrected chi connectivity index (χ4v) is 1.89. The van der Waals surface area contributed by atoms with Gasteiger partial charge in [-0.2, -0.15) is 5.10 Å². The average Bonchev–Trinajstić information content (AvgIpc) is 2.71. The molecule has 0 amide bonds. The van der Waals surface area contributed by atoms with Crippen molar-refractivity contribution in [2.24, 2.45) is 7.05 Å². The molecule has 2 rings (SSSR count). The molecule has 0 fully saturated rings. The number of nitrogens with zero attached hydrogens (tertiary/aromatic N) is 2. The number of hydrogen-bond donors (Lipinski definition) is 1. The summed E-state index contributed by atoms with van der Waals surface area (Å²) in [4.78, 5) is 0. The zero-order valence-corrected chi connectivity index (χ0v) is 10.5. The molecule has 2 aromatic rings. The van der Waals surface area contributed by atoms with Gasteiger partial charge in [0.25, 0.3) is 0 Å². The number of aromatic nitrogens is 2. The van der Waals surface area contributed by atoms with Crippen LogP contribution < -0.4 is 5.32 Å². The third-order valence-electron chi connectivity index (χ3n) is 2.90. The van der Waals surface area contributed by atoms with Crippen molar-refractivity contribution in [3.05, 3.63) is 53.3 Å². The van der Waals surface area contributed by atoms with E-state index < -0.39 is 0 Å². The van der Waals surface area contributed by atoms with Gasteiger partial charge in [-0.1, -0.05) is 29.8 Å². The first-order valence-electron chi connectivity index (χ1n) is 5.99. The molecule has 1 aromatic heterocycles. The van der Waals surface area contributed by atoms with E-state index in [-0.39, 0.29) is 0 Å². The summed E-state index contributed by atoms with van der Waals surface area (Å²) in [6.07, 6.45) is 2.90. The number of hydrogen-bond acceptors (Lipinski definition) is 2. The van der Waals surface area contributed by atoms with Gasteiger partial charge in [0.15, 0.2) is 0 Å². The van der Waals surface area contributed by atoms with E-state index in [1.54, 1.807) is 0 Å². The maximum absolute atomic E-state index is 4.14. The standard InChI is InChI=1S/C14H19N3/c1-12-4-3-5-13(10-12)6-8-15-11-14-7-9-16-17(14)2/h3-5,7,9-10,15H,6,8,11H2,1-2H3. The fraction of sp³-hybridized carbons (Fsp3) is 0.357. The van der Waals surface area contributed by atoms with Crippen molar-refractivity contribution in [3.8, 4) is 0 Å². The lowest BCUT2D eigenvalue weighted by atomic mass is 10.1. The number of nitrogens with one attached hydrogen (secondary N) is 1. The zero-order valence-electron chi connectivity index (χ0n) is 10.5. The molecule has 1 aromatic carbocycles. The van der Waals surface area contributed by atoms with Gasteiger partial charge in [0.2, 0.25) is 0 Å². The minimum atomic E-state index is 0.877.